The van der Waals surface area contributed by atoms with Gasteiger partial charge in [-0.05, 0) is 6.42 Å². The van der Waals surface area contributed by atoms with Gasteiger partial charge >= 0.3 is 7.12 Å². The van der Waals surface area contributed by atoms with Crippen molar-refractivity contribution in [3.63, 3.8) is 0 Å². The molecule has 0 bridgehead atoms. The number of nitrogens with one attached hydrogen (secondary N) is 1. The van der Waals surface area contributed by atoms with Crippen molar-refractivity contribution in [2.45, 2.75) is 19.3 Å². The molecule has 0 aliphatic carbocycles. The molecule has 0 saturated carbocycles. The summed E-state index contributed by atoms with van der Waals surface area (Å²) in [5, 5.41) is 11.1. The fourth-order valence-corrected chi connectivity index (χ4v) is 2.00. The van der Waals surface area contributed by atoms with Gasteiger partial charge in [0.05, 0.1) is 30.1 Å². The van der Waals surface area contributed by atoms with E-state index < -0.39 is 19.0 Å². The van der Waals surface area contributed by atoms with Crippen molar-refractivity contribution in [3.05, 3.63) is 12.2 Å². The van der Waals surface area contributed by atoms with E-state index in [2.05, 4.69) is 5.32 Å². The van der Waals surface area contributed by atoms with Gasteiger partial charge in [0, 0.05) is 6.92 Å². The molecule has 1 atom stereocenters. The van der Waals surface area contributed by atoms with Crippen LogP contribution in [-0.2, 0) is 18.9 Å². The first-order valence-corrected chi connectivity index (χ1v) is 6.97. The Morgan fingerprint density at radius 3 is 3.11 bits per heavy atom. The molecule has 0 fully saturated rings. The molecule has 0 aromatic carbocycles. The van der Waals surface area contributed by atoms with Crippen molar-refractivity contribution in [2.75, 3.05) is 18.1 Å². The first-order valence-electron chi connectivity index (χ1n) is 5.81. The van der Waals surface area contributed by atoms with Crippen LogP contribution >= 0.6 is 11.8 Å². The molecule has 1 rings (SSSR count). The largest absolute Gasteiger partial charge is 0.551 e. The minimum atomic E-state index is -0.780. The third-order valence-electron chi connectivity index (χ3n) is 2.27. The van der Waals surface area contributed by atoms with Gasteiger partial charge in [0.15, 0.2) is 0 Å². The Morgan fingerprint density at radius 1 is 1.63 bits per heavy atom. The number of carbonyl (C=O) groups excluding carboxylic acids is 2. The van der Waals surface area contributed by atoms with Crippen LogP contribution in [0.1, 0.15) is 13.3 Å². The van der Waals surface area contributed by atoms with Crippen LogP contribution in [0.5, 0.6) is 0 Å². The summed E-state index contributed by atoms with van der Waals surface area (Å²) in [4.78, 5) is 22.7. The van der Waals surface area contributed by atoms with Crippen LogP contribution in [0, 0.1) is 11.3 Å². The van der Waals surface area contributed by atoms with Crippen LogP contribution in [-0.4, -0.2) is 43.0 Å². The van der Waals surface area contributed by atoms with E-state index in [0.29, 0.717) is 13.0 Å². The standard InChI is InChI=1S/C11H15BN2O4S/c1-9(15)18-12-10(4-2-3-6-17-12)14-11(16)8-19-7-5-13/h2-3,10H,4,6-8H2,1H3,(H,14,16). The second kappa shape index (κ2) is 8.61. The molecule has 19 heavy (non-hydrogen) atoms. The molecule has 0 saturated heterocycles. The van der Waals surface area contributed by atoms with Gasteiger partial charge < -0.3 is 14.6 Å². The number of nitriles is 1. The summed E-state index contributed by atoms with van der Waals surface area (Å²) < 4.78 is 10.4. The highest BCUT2D eigenvalue weighted by Gasteiger charge is 2.34. The number of rotatable bonds is 5. The van der Waals surface area contributed by atoms with Crippen molar-refractivity contribution in [1.29, 1.82) is 5.26 Å². The quantitative estimate of drug-likeness (QED) is 0.443. The minimum Gasteiger partial charge on any atom is -0.508 e. The zero-order valence-electron chi connectivity index (χ0n) is 10.6. The lowest BCUT2D eigenvalue weighted by Gasteiger charge is -2.20. The predicted octanol–water partition coefficient (Wildman–Crippen LogP) is 0.295. The molecular formula is C11H15BN2O4S. The summed E-state index contributed by atoms with van der Waals surface area (Å²) in [5.74, 6) is -0.605. The topological polar surface area (TPSA) is 88.4 Å². The molecular weight excluding hydrogens is 267 g/mol. The molecule has 0 spiro atoms. The lowest BCUT2D eigenvalue weighted by molar-refractivity contribution is -0.134. The van der Waals surface area contributed by atoms with Crippen molar-refractivity contribution < 1.29 is 18.9 Å². The summed E-state index contributed by atoms with van der Waals surface area (Å²) in [5.41, 5.74) is 0. The van der Waals surface area contributed by atoms with Crippen LogP contribution in [0.3, 0.4) is 0 Å². The molecule has 1 unspecified atom stereocenters. The fourth-order valence-electron chi connectivity index (χ4n) is 1.53. The second-order valence-electron chi connectivity index (χ2n) is 3.84. The van der Waals surface area contributed by atoms with Gasteiger partial charge in [-0.2, -0.15) is 5.26 Å². The minimum absolute atomic E-state index is 0.195. The Kier molecular flexibility index (Phi) is 7.07. The lowest BCUT2D eigenvalue weighted by Crippen LogP contribution is -2.49. The zero-order valence-corrected chi connectivity index (χ0v) is 11.4. The van der Waals surface area contributed by atoms with Gasteiger partial charge in [0.2, 0.25) is 5.91 Å². The molecule has 102 valence electrons. The molecule has 1 aliphatic heterocycles. The van der Waals surface area contributed by atoms with Crippen molar-refractivity contribution in [2.24, 2.45) is 0 Å². The normalized spacial score (nSPS) is 18.3. The van der Waals surface area contributed by atoms with Crippen molar-refractivity contribution in [1.82, 2.24) is 5.32 Å². The van der Waals surface area contributed by atoms with E-state index in [-0.39, 0.29) is 17.4 Å². The number of amides is 1. The van der Waals surface area contributed by atoms with Gasteiger partial charge in [0.25, 0.3) is 5.97 Å². The van der Waals surface area contributed by atoms with Crippen molar-refractivity contribution in [3.8, 4) is 6.07 Å². The predicted molar refractivity (Wildman–Crippen MR) is 72.1 cm³/mol. The molecule has 1 N–H and O–H groups in total. The van der Waals surface area contributed by atoms with E-state index in [4.69, 9.17) is 14.6 Å². The Balaban J connectivity index is 2.50. The van der Waals surface area contributed by atoms with Crippen LogP contribution < -0.4 is 5.32 Å². The van der Waals surface area contributed by atoms with Gasteiger partial charge in [-0.15, -0.1) is 11.8 Å². The highest BCUT2D eigenvalue weighted by molar-refractivity contribution is 8.00. The van der Waals surface area contributed by atoms with Gasteiger partial charge in [-0.25, -0.2) is 0 Å². The summed E-state index contributed by atoms with van der Waals surface area (Å²) in [6, 6.07) is 1.95. The lowest BCUT2D eigenvalue weighted by atomic mass is 9.76. The third-order valence-corrected chi connectivity index (χ3v) is 3.07. The second-order valence-corrected chi connectivity index (χ2v) is 4.83. The van der Waals surface area contributed by atoms with Gasteiger partial charge in [-0.3, -0.25) is 9.59 Å². The number of carbonyl (C=O) groups is 2. The van der Waals surface area contributed by atoms with E-state index in [1.807, 2.05) is 18.2 Å². The maximum atomic E-state index is 11.7. The monoisotopic (exact) mass is 282 g/mol. The van der Waals surface area contributed by atoms with E-state index in [0.717, 1.165) is 0 Å². The molecule has 0 aromatic heterocycles. The Hall–Kier alpha value is -1.46. The smallest absolute Gasteiger partial charge is 0.508 e. The average molecular weight is 282 g/mol. The SMILES string of the molecule is CC(=O)OB1OCC=CCC1NC(=O)CSCC#N. The van der Waals surface area contributed by atoms with E-state index in [9.17, 15) is 9.59 Å². The highest BCUT2D eigenvalue weighted by Crippen LogP contribution is 2.09. The first kappa shape index (κ1) is 15.6. The van der Waals surface area contributed by atoms with Gasteiger partial charge in [-0.1, -0.05) is 12.2 Å². The maximum absolute atomic E-state index is 11.7. The van der Waals surface area contributed by atoms with E-state index >= 15 is 0 Å². The van der Waals surface area contributed by atoms with E-state index in [1.54, 1.807) is 0 Å². The van der Waals surface area contributed by atoms with Crippen LogP contribution in [0.4, 0.5) is 0 Å². The molecule has 8 heteroatoms. The molecule has 6 nitrogen and oxygen atoms in total. The van der Waals surface area contributed by atoms with Gasteiger partial charge in [0.1, 0.15) is 0 Å². The van der Waals surface area contributed by atoms with Crippen LogP contribution in [0.15, 0.2) is 12.2 Å². The fraction of sp³-hybridized carbons (Fsp3) is 0.545. The molecule has 1 aliphatic rings. The number of hydrogen-bond donors (Lipinski definition) is 1. The first-order chi connectivity index (χ1) is 9.13. The Bertz CT molecular complexity index is 397. The third kappa shape index (κ3) is 6.31. The van der Waals surface area contributed by atoms with E-state index in [1.165, 1.54) is 18.7 Å². The number of nitrogens with zero attached hydrogens (tertiary/aromatic N) is 1. The zero-order chi connectivity index (χ0) is 14.1. The summed E-state index contributed by atoms with van der Waals surface area (Å²) in [7, 11) is -0.780. The Labute approximate surface area is 116 Å². The molecule has 0 radical (unpaired) electrons. The summed E-state index contributed by atoms with van der Waals surface area (Å²) >= 11 is 1.23. The van der Waals surface area contributed by atoms with Crippen molar-refractivity contribution >= 4 is 30.8 Å². The molecule has 0 aromatic rings. The van der Waals surface area contributed by atoms with Crippen LogP contribution in [0.2, 0.25) is 0 Å². The number of hydrogen-bond acceptors (Lipinski definition) is 6. The summed E-state index contributed by atoms with van der Waals surface area (Å²) in [6.45, 7) is 1.64. The number of thioether (sulfide) groups is 1. The summed E-state index contributed by atoms with van der Waals surface area (Å²) in [6.07, 6.45) is 4.22. The van der Waals surface area contributed by atoms with Crippen LogP contribution in [0.25, 0.3) is 0 Å². The molecule has 1 amide bonds. The highest BCUT2D eigenvalue weighted by atomic mass is 32.2. The average Bonchev–Trinajstić information content (AvgIpc) is 2.55. The maximum Gasteiger partial charge on any atom is 0.551 e. The Morgan fingerprint density at radius 2 is 2.42 bits per heavy atom. The molecule has 1 heterocycles.